The standard InChI is InChI=1S/C9H15NO4/c10-7-5-9(13-3-4-14-9)2-1-6(7)8(11)12/h6-7H,1-5,10H2,(H,11,12). The zero-order valence-electron chi connectivity index (χ0n) is 7.94. The normalized spacial score (nSPS) is 36.1. The molecular weight excluding hydrogens is 186 g/mol. The van der Waals surface area contributed by atoms with E-state index in [-0.39, 0.29) is 6.04 Å². The van der Waals surface area contributed by atoms with Crippen LogP contribution in [-0.2, 0) is 14.3 Å². The molecular formula is C9H15NO4. The van der Waals surface area contributed by atoms with Gasteiger partial charge in [-0.3, -0.25) is 4.79 Å². The van der Waals surface area contributed by atoms with Crippen molar-refractivity contribution in [3.8, 4) is 0 Å². The van der Waals surface area contributed by atoms with Gasteiger partial charge in [0.1, 0.15) is 0 Å². The largest absolute Gasteiger partial charge is 0.481 e. The Hall–Kier alpha value is -0.650. The Labute approximate surface area is 82.2 Å². The van der Waals surface area contributed by atoms with Crippen molar-refractivity contribution in [3.05, 3.63) is 0 Å². The van der Waals surface area contributed by atoms with Crippen LogP contribution in [0.4, 0.5) is 0 Å². The van der Waals surface area contributed by atoms with E-state index in [1.165, 1.54) is 0 Å². The van der Waals surface area contributed by atoms with Crippen molar-refractivity contribution in [1.82, 2.24) is 0 Å². The first-order chi connectivity index (χ1) is 6.63. The molecule has 2 unspecified atom stereocenters. The van der Waals surface area contributed by atoms with E-state index < -0.39 is 17.7 Å². The molecule has 1 aliphatic carbocycles. The SMILES string of the molecule is NC1CC2(CCC1C(=O)O)OCCO2. The molecule has 3 N–H and O–H groups in total. The third-order valence-electron chi connectivity index (χ3n) is 3.03. The van der Waals surface area contributed by atoms with E-state index in [4.69, 9.17) is 20.3 Å². The second kappa shape index (κ2) is 3.49. The zero-order chi connectivity index (χ0) is 10.2. The topological polar surface area (TPSA) is 81.8 Å². The van der Waals surface area contributed by atoms with Gasteiger partial charge in [0.2, 0.25) is 0 Å². The van der Waals surface area contributed by atoms with Crippen molar-refractivity contribution in [1.29, 1.82) is 0 Å². The number of aliphatic carboxylic acids is 1. The molecule has 0 aromatic heterocycles. The molecule has 0 amide bonds. The minimum Gasteiger partial charge on any atom is -0.481 e. The minimum atomic E-state index is -0.814. The summed E-state index contributed by atoms with van der Waals surface area (Å²) in [6.07, 6.45) is 1.66. The van der Waals surface area contributed by atoms with Gasteiger partial charge in [0.25, 0.3) is 0 Å². The average molecular weight is 201 g/mol. The highest BCUT2D eigenvalue weighted by Crippen LogP contribution is 2.37. The van der Waals surface area contributed by atoms with Gasteiger partial charge in [-0.1, -0.05) is 0 Å². The van der Waals surface area contributed by atoms with Gasteiger partial charge < -0.3 is 20.3 Å². The predicted octanol–water partition coefficient (Wildman–Crippen LogP) is -0.0585. The zero-order valence-corrected chi connectivity index (χ0v) is 7.94. The molecule has 1 heterocycles. The summed E-state index contributed by atoms with van der Waals surface area (Å²) in [5.41, 5.74) is 5.79. The molecule has 5 heteroatoms. The maximum atomic E-state index is 10.8. The summed E-state index contributed by atoms with van der Waals surface area (Å²) in [4.78, 5) is 10.8. The summed E-state index contributed by atoms with van der Waals surface area (Å²) in [6.45, 7) is 1.18. The van der Waals surface area contributed by atoms with Gasteiger partial charge >= 0.3 is 5.97 Å². The molecule has 1 saturated carbocycles. The van der Waals surface area contributed by atoms with E-state index >= 15 is 0 Å². The fourth-order valence-electron chi connectivity index (χ4n) is 2.26. The highest BCUT2D eigenvalue weighted by atomic mass is 16.7. The number of hydrogen-bond donors (Lipinski definition) is 2. The Morgan fingerprint density at radius 2 is 2.07 bits per heavy atom. The molecule has 0 radical (unpaired) electrons. The Kier molecular flexibility index (Phi) is 2.47. The van der Waals surface area contributed by atoms with Crippen molar-refractivity contribution in [3.63, 3.8) is 0 Å². The predicted molar refractivity (Wildman–Crippen MR) is 47.6 cm³/mol. The van der Waals surface area contributed by atoms with Crippen LogP contribution in [0.15, 0.2) is 0 Å². The van der Waals surface area contributed by atoms with Gasteiger partial charge in [-0.2, -0.15) is 0 Å². The lowest BCUT2D eigenvalue weighted by Gasteiger charge is -2.37. The van der Waals surface area contributed by atoms with Gasteiger partial charge in [-0.25, -0.2) is 0 Å². The van der Waals surface area contributed by atoms with E-state index in [2.05, 4.69) is 0 Å². The maximum absolute atomic E-state index is 10.8. The molecule has 0 aromatic rings. The molecule has 2 aliphatic rings. The van der Waals surface area contributed by atoms with E-state index in [1.54, 1.807) is 0 Å². The first-order valence-electron chi connectivity index (χ1n) is 4.89. The second-order valence-corrected chi connectivity index (χ2v) is 3.96. The third kappa shape index (κ3) is 1.63. The van der Waals surface area contributed by atoms with Crippen molar-refractivity contribution in [2.24, 2.45) is 11.7 Å². The smallest absolute Gasteiger partial charge is 0.308 e. The maximum Gasteiger partial charge on any atom is 0.308 e. The molecule has 1 saturated heterocycles. The number of carbonyl (C=O) groups is 1. The Bertz CT molecular complexity index is 237. The van der Waals surface area contributed by atoms with Crippen LogP contribution in [0, 0.1) is 5.92 Å². The monoisotopic (exact) mass is 201 g/mol. The summed E-state index contributed by atoms with van der Waals surface area (Å²) in [7, 11) is 0. The molecule has 0 bridgehead atoms. The van der Waals surface area contributed by atoms with E-state index in [9.17, 15) is 4.79 Å². The number of carboxylic acid groups (broad SMARTS) is 1. The Morgan fingerprint density at radius 3 is 2.57 bits per heavy atom. The number of rotatable bonds is 1. The summed E-state index contributed by atoms with van der Waals surface area (Å²) in [5, 5.41) is 8.88. The second-order valence-electron chi connectivity index (χ2n) is 3.96. The molecule has 2 atom stereocenters. The van der Waals surface area contributed by atoms with Crippen molar-refractivity contribution >= 4 is 5.97 Å². The molecule has 14 heavy (non-hydrogen) atoms. The Morgan fingerprint density at radius 1 is 1.43 bits per heavy atom. The number of ether oxygens (including phenoxy) is 2. The van der Waals surface area contributed by atoms with Crippen molar-refractivity contribution < 1.29 is 19.4 Å². The molecule has 1 spiro atoms. The first-order valence-corrected chi connectivity index (χ1v) is 4.89. The van der Waals surface area contributed by atoms with E-state index in [1.807, 2.05) is 0 Å². The summed E-state index contributed by atoms with van der Waals surface area (Å²) < 4.78 is 11.0. The molecule has 2 rings (SSSR count). The van der Waals surface area contributed by atoms with Crippen LogP contribution >= 0.6 is 0 Å². The molecule has 2 fully saturated rings. The van der Waals surface area contributed by atoms with Gasteiger partial charge in [0, 0.05) is 18.9 Å². The molecule has 80 valence electrons. The lowest BCUT2D eigenvalue weighted by molar-refractivity contribution is -0.189. The van der Waals surface area contributed by atoms with Crippen LogP contribution in [0.3, 0.4) is 0 Å². The van der Waals surface area contributed by atoms with Crippen LogP contribution in [0.25, 0.3) is 0 Å². The highest BCUT2D eigenvalue weighted by Gasteiger charge is 2.45. The molecule has 1 aliphatic heterocycles. The van der Waals surface area contributed by atoms with Crippen LogP contribution in [0.2, 0.25) is 0 Å². The van der Waals surface area contributed by atoms with Crippen molar-refractivity contribution in [2.75, 3.05) is 13.2 Å². The van der Waals surface area contributed by atoms with Crippen LogP contribution < -0.4 is 5.73 Å². The Balaban J connectivity index is 2.02. The molecule has 5 nitrogen and oxygen atoms in total. The third-order valence-corrected chi connectivity index (χ3v) is 3.03. The number of nitrogens with two attached hydrogens (primary N) is 1. The minimum absolute atomic E-state index is 0.362. The van der Waals surface area contributed by atoms with Gasteiger partial charge in [-0.05, 0) is 6.42 Å². The number of hydrogen-bond acceptors (Lipinski definition) is 4. The lowest BCUT2D eigenvalue weighted by Crippen LogP contribution is -2.49. The average Bonchev–Trinajstić information content (AvgIpc) is 2.52. The number of carboxylic acids is 1. The van der Waals surface area contributed by atoms with Crippen molar-refractivity contribution in [2.45, 2.75) is 31.1 Å². The first kappa shape index (κ1) is 9.89. The quantitative estimate of drug-likeness (QED) is 0.621. The molecule has 0 aromatic carbocycles. The fraction of sp³-hybridized carbons (Fsp3) is 0.889. The fourth-order valence-corrected chi connectivity index (χ4v) is 2.26. The lowest BCUT2D eigenvalue weighted by atomic mass is 9.81. The summed E-state index contributed by atoms with van der Waals surface area (Å²) >= 11 is 0. The summed E-state index contributed by atoms with van der Waals surface area (Å²) in [6, 6.07) is -0.362. The van der Waals surface area contributed by atoms with Gasteiger partial charge in [0.05, 0.1) is 19.1 Å². The summed E-state index contributed by atoms with van der Waals surface area (Å²) in [5.74, 6) is -1.84. The van der Waals surface area contributed by atoms with Gasteiger partial charge in [-0.15, -0.1) is 0 Å². The highest BCUT2D eigenvalue weighted by molar-refractivity contribution is 5.71. The van der Waals surface area contributed by atoms with Gasteiger partial charge in [0.15, 0.2) is 5.79 Å². The van der Waals surface area contributed by atoms with Crippen LogP contribution in [-0.4, -0.2) is 36.1 Å². The van der Waals surface area contributed by atoms with E-state index in [0.717, 1.165) is 0 Å². The van der Waals surface area contributed by atoms with Crippen LogP contribution in [0.1, 0.15) is 19.3 Å². The van der Waals surface area contributed by atoms with Crippen LogP contribution in [0.5, 0.6) is 0 Å². The van der Waals surface area contributed by atoms with E-state index in [0.29, 0.717) is 32.5 Å².